The molecule has 0 radical (unpaired) electrons. The Labute approximate surface area is 173 Å². The molecule has 1 heterocycles. The smallest absolute Gasteiger partial charge is 0.206 e. The molecule has 1 atom stereocenters. The number of carbonyl (C=O) groups excluding carboxylic acids is 1. The first-order valence-electron chi connectivity index (χ1n) is 9.37. The molecular formula is C23H19FN2O3S. The molecule has 152 valence electrons. The number of nitrogens with zero attached hydrogens (tertiary/aromatic N) is 1. The van der Waals surface area contributed by atoms with E-state index in [-0.39, 0.29) is 10.7 Å². The molecule has 0 bridgehead atoms. The molecule has 4 rings (SSSR count). The highest BCUT2D eigenvalue weighted by molar-refractivity contribution is 7.91. The predicted octanol–water partition coefficient (Wildman–Crippen LogP) is 4.45. The molecule has 0 fully saturated rings. The van der Waals surface area contributed by atoms with Crippen molar-refractivity contribution in [2.24, 2.45) is 0 Å². The number of benzene rings is 3. The number of sulfone groups is 1. The van der Waals surface area contributed by atoms with Crippen LogP contribution in [0.2, 0.25) is 0 Å². The van der Waals surface area contributed by atoms with Crippen LogP contribution >= 0.6 is 0 Å². The summed E-state index contributed by atoms with van der Waals surface area (Å²) < 4.78 is 39.5. The minimum absolute atomic E-state index is 0.0737. The van der Waals surface area contributed by atoms with Crippen LogP contribution in [0.4, 0.5) is 4.39 Å². The summed E-state index contributed by atoms with van der Waals surface area (Å²) in [6.07, 6.45) is 0. The molecule has 0 aliphatic heterocycles. The summed E-state index contributed by atoms with van der Waals surface area (Å²) in [6.45, 7) is 1.86. The largest absolute Gasteiger partial charge is 0.335 e. The number of imidazole rings is 1. The van der Waals surface area contributed by atoms with E-state index in [1.54, 1.807) is 30.3 Å². The lowest BCUT2D eigenvalue weighted by molar-refractivity contribution is 0.0958. The number of nitrogens with one attached hydrogen (secondary N) is 1. The normalized spacial score (nSPS) is 12.7. The van der Waals surface area contributed by atoms with Crippen molar-refractivity contribution in [3.05, 3.63) is 95.6 Å². The first-order chi connectivity index (χ1) is 14.3. The number of carbonyl (C=O) groups is 1. The number of hydrogen-bond donors (Lipinski definition) is 1. The van der Waals surface area contributed by atoms with Crippen LogP contribution in [0.15, 0.2) is 77.7 Å². The number of halogens is 1. The third kappa shape index (κ3) is 4.02. The standard InChI is InChI=1S/C23H19FN2O3S/c1-15-6-12-18(13-7-15)30(28,29)14-19(16-8-10-17(24)11-9-16)22(27)23-25-20-4-2-3-5-21(20)26-23/h2-13,19H,14H2,1H3,(H,25,26). The van der Waals surface area contributed by atoms with Crippen LogP contribution in [0.5, 0.6) is 0 Å². The molecule has 0 spiro atoms. The maximum Gasteiger partial charge on any atom is 0.206 e. The summed E-state index contributed by atoms with van der Waals surface area (Å²) in [4.78, 5) is 20.7. The van der Waals surface area contributed by atoms with Crippen LogP contribution in [0.1, 0.15) is 27.7 Å². The summed E-state index contributed by atoms with van der Waals surface area (Å²) in [7, 11) is -3.77. The lowest BCUT2D eigenvalue weighted by Gasteiger charge is -2.16. The summed E-state index contributed by atoms with van der Waals surface area (Å²) in [5.74, 6) is -2.33. The quantitative estimate of drug-likeness (QED) is 0.466. The van der Waals surface area contributed by atoms with E-state index in [0.717, 1.165) is 5.56 Å². The van der Waals surface area contributed by atoms with E-state index in [2.05, 4.69) is 9.97 Å². The number of ketones is 1. The summed E-state index contributed by atoms with van der Waals surface area (Å²) in [6, 6.07) is 18.9. The number of para-hydroxylation sites is 2. The lowest BCUT2D eigenvalue weighted by Crippen LogP contribution is -2.23. The third-order valence-corrected chi connectivity index (χ3v) is 6.74. The van der Waals surface area contributed by atoms with Gasteiger partial charge < -0.3 is 4.98 Å². The van der Waals surface area contributed by atoms with E-state index < -0.39 is 33.1 Å². The van der Waals surface area contributed by atoms with Gasteiger partial charge in [0.05, 0.1) is 27.6 Å². The van der Waals surface area contributed by atoms with E-state index in [4.69, 9.17) is 0 Å². The van der Waals surface area contributed by atoms with Crippen LogP contribution in [0, 0.1) is 12.7 Å². The van der Waals surface area contributed by atoms with Crippen molar-refractivity contribution in [1.82, 2.24) is 9.97 Å². The highest BCUT2D eigenvalue weighted by Gasteiger charge is 2.31. The van der Waals surface area contributed by atoms with Crippen LogP contribution < -0.4 is 0 Å². The van der Waals surface area contributed by atoms with E-state index in [1.807, 2.05) is 13.0 Å². The number of aryl methyl sites for hydroxylation is 1. The molecular weight excluding hydrogens is 403 g/mol. The van der Waals surface area contributed by atoms with Crippen LogP contribution in [-0.2, 0) is 9.84 Å². The Morgan fingerprint density at radius 2 is 1.67 bits per heavy atom. The molecule has 30 heavy (non-hydrogen) atoms. The first-order valence-corrected chi connectivity index (χ1v) is 11.0. The maximum atomic E-state index is 13.4. The highest BCUT2D eigenvalue weighted by Crippen LogP contribution is 2.26. The van der Waals surface area contributed by atoms with Crippen molar-refractivity contribution < 1.29 is 17.6 Å². The van der Waals surface area contributed by atoms with Gasteiger partial charge in [-0.05, 0) is 48.9 Å². The molecule has 0 aliphatic rings. The van der Waals surface area contributed by atoms with Crippen LogP contribution in [0.3, 0.4) is 0 Å². The number of H-pyrrole nitrogens is 1. The Balaban J connectivity index is 1.75. The zero-order valence-electron chi connectivity index (χ0n) is 16.2. The number of aromatic amines is 1. The molecule has 4 aromatic rings. The zero-order chi connectivity index (χ0) is 21.3. The van der Waals surface area contributed by atoms with Gasteiger partial charge in [0.1, 0.15) is 5.82 Å². The minimum atomic E-state index is -3.77. The minimum Gasteiger partial charge on any atom is -0.335 e. The van der Waals surface area contributed by atoms with E-state index in [9.17, 15) is 17.6 Å². The van der Waals surface area contributed by atoms with Gasteiger partial charge >= 0.3 is 0 Å². The monoisotopic (exact) mass is 422 g/mol. The van der Waals surface area contributed by atoms with Gasteiger partial charge in [0.2, 0.25) is 5.78 Å². The third-order valence-electron chi connectivity index (χ3n) is 4.98. The molecule has 3 aromatic carbocycles. The second-order valence-corrected chi connectivity index (χ2v) is 9.20. The topological polar surface area (TPSA) is 79.9 Å². The number of hydrogen-bond acceptors (Lipinski definition) is 4. The maximum absolute atomic E-state index is 13.4. The first kappa shape index (κ1) is 20.0. The van der Waals surface area contributed by atoms with E-state index in [0.29, 0.717) is 16.6 Å². The Morgan fingerprint density at radius 1 is 1.00 bits per heavy atom. The van der Waals surface area contributed by atoms with E-state index >= 15 is 0 Å². The lowest BCUT2D eigenvalue weighted by atomic mass is 9.96. The average molecular weight is 422 g/mol. The molecule has 0 aliphatic carbocycles. The fourth-order valence-electron chi connectivity index (χ4n) is 3.31. The molecule has 1 aromatic heterocycles. The zero-order valence-corrected chi connectivity index (χ0v) is 17.0. The van der Waals surface area contributed by atoms with Crippen molar-refractivity contribution in [2.45, 2.75) is 17.7 Å². The molecule has 5 nitrogen and oxygen atoms in total. The molecule has 0 saturated carbocycles. The van der Waals surface area contributed by atoms with Crippen molar-refractivity contribution in [3.8, 4) is 0 Å². The fraction of sp³-hybridized carbons (Fsp3) is 0.130. The van der Waals surface area contributed by atoms with Gasteiger partial charge in [-0.2, -0.15) is 0 Å². The van der Waals surface area contributed by atoms with Gasteiger partial charge in [-0.1, -0.05) is 42.0 Å². The number of Topliss-reactive ketones (excluding diaryl/α,β-unsaturated/α-hetero) is 1. The Hall–Kier alpha value is -3.32. The van der Waals surface area contributed by atoms with Crippen LogP contribution in [0.25, 0.3) is 11.0 Å². The highest BCUT2D eigenvalue weighted by atomic mass is 32.2. The van der Waals surface area contributed by atoms with Gasteiger partial charge in [-0.15, -0.1) is 0 Å². The Kier molecular flexibility index (Phi) is 5.22. The number of fused-ring (bicyclic) bond motifs is 1. The van der Waals surface area contributed by atoms with Gasteiger partial charge in [0.15, 0.2) is 15.7 Å². The fourth-order valence-corrected chi connectivity index (χ4v) is 4.84. The molecule has 1 unspecified atom stereocenters. The molecule has 0 amide bonds. The number of rotatable bonds is 6. The molecule has 0 saturated heterocycles. The summed E-state index contributed by atoms with van der Waals surface area (Å²) in [5, 5.41) is 0. The van der Waals surface area contributed by atoms with Gasteiger partial charge in [0.25, 0.3) is 0 Å². The second-order valence-electron chi connectivity index (χ2n) is 7.17. The molecule has 7 heteroatoms. The van der Waals surface area contributed by atoms with Gasteiger partial charge in [-0.25, -0.2) is 17.8 Å². The van der Waals surface area contributed by atoms with Crippen LogP contribution in [-0.4, -0.2) is 29.9 Å². The van der Waals surface area contributed by atoms with Crippen molar-refractivity contribution in [3.63, 3.8) is 0 Å². The Bertz CT molecular complexity index is 1280. The number of aromatic nitrogens is 2. The van der Waals surface area contributed by atoms with Crippen molar-refractivity contribution >= 4 is 26.7 Å². The van der Waals surface area contributed by atoms with E-state index in [1.165, 1.54) is 36.4 Å². The summed E-state index contributed by atoms with van der Waals surface area (Å²) >= 11 is 0. The van der Waals surface area contributed by atoms with Gasteiger partial charge in [-0.3, -0.25) is 4.79 Å². The Morgan fingerprint density at radius 3 is 2.33 bits per heavy atom. The average Bonchev–Trinajstić information content (AvgIpc) is 3.17. The molecule has 1 N–H and O–H groups in total. The second kappa shape index (κ2) is 7.84. The predicted molar refractivity (Wildman–Crippen MR) is 113 cm³/mol. The van der Waals surface area contributed by atoms with Gasteiger partial charge in [0, 0.05) is 0 Å². The van der Waals surface area contributed by atoms with Crippen molar-refractivity contribution in [1.29, 1.82) is 0 Å². The SMILES string of the molecule is Cc1ccc(S(=O)(=O)CC(C(=O)c2nc3ccccc3[nH]2)c2ccc(F)cc2)cc1. The van der Waals surface area contributed by atoms with Crippen molar-refractivity contribution in [2.75, 3.05) is 5.75 Å². The summed E-state index contributed by atoms with van der Waals surface area (Å²) in [5.41, 5.74) is 2.64.